The van der Waals surface area contributed by atoms with E-state index in [-0.39, 0.29) is 6.03 Å². The Balaban J connectivity index is 1.51. The SMILES string of the molecule is CCCC[N+]1(CC)C=CN(Cc2ccc(-c3ccccc3-c3nn[nH]n3)nc2)C1=O. The Labute approximate surface area is 175 Å². The van der Waals surface area contributed by atoms with Crippen LogP contribution in [0, 0.1) is 0 Å². The van der Waals surface area contributed by atoms with Crippen LogP contribution in [0.25, 0.3) is 22.6 Å². The monoisotopic (exact) mass is 404 g/mol. The Kier molecular flexibility index (Phi) is 5.67. The molecule has 8 heteroatoms. The number of rotatable bonds is 8. The predicted octanol–water partition coefficient (Wildman–Crippen LogP) is 3.97. The zero-order valence-electron chi connectivity index (χ0n) is 17.3. The van der Waals surface area contributed by atoms with Crippen molar-refractivity contribution in [1.82, 2.24) is 30.5 Å². The largest absolute Gasteiger partial charge is 0.428 e. The number of carbonyl (C=O) groups excluding carboxylic acids is 1. The Morgan fingerprint density at radius 1 is 1.10 bits per heavy atom. The van der Waals surface area contributed by atoms with Gasteiger partial charge in [-0.05, 0) is 30.2 Å². The van der Waals surface area contributed by atoms with Crippen LogP contribution in [0.4, 0.5) is 4.79 Å². The highest BCUT2D eigenvalue weighted by Crippen LogP contribution is 2.29. The summed E-state index contributed by atoms with van der Waals surface area (Å²) in [5.74, 6) is 0.532. The minimum Gasteiger partial charge on any atom is -0.259 e. The summed E-state index contributed by atoms with van der Waals surface area (Å²) in [6.45, 7) is 6.36. The summed E-state index contributed by atoms with van der Waals surface area (Å²) in [7, 11) is 0. The third kappa shape index (κ3) is 3.73. The van der Waals surface area contributed by atoms with Gasteiger partial charge in [-0.15, -0.1) is 10.2 Å². The van der Waals surface area contributed by atoms with Crippen molar-refractivity contribution in [2.45, 2.75) is 33.2 Å². The first kappa shape index (κ1) is 19.9. The van der Waals surface area contributed by atoms with Crippen molar-refractivity contribution in [1.29, 1.82) is 0 Å². The van der Waals surface area contributed by atoms with E-state index in [4.69, 9.17) is 0 Å². The van der Waals surface area contributed by atoms with Gasteiger partial charge in [0.05, 0.1) is 31.5 Å². The van der Waals surface area contributed by atoms with Crippen LogP contribution in [0.3, 0.4) is 0 Å². The number of amides is 2. The number of quaternary nitrogens is 1. The standard InChI is InChI=1S/C22H26N7O/c1-3-5-13-29(4-2)14-12-28(22(29)30)16-17-10-11-20(23-15-17)18-8-6-7-9-19(18)21-24-26-27-25-21/h6-12,14-15H,3-5,13,16H2,1-2H3,(H,24,25,26,27)/q+1. The lowest BCUT2D eigenvalue weighted by molar-refractivity contribution is -0.794. The summed E-state index contributed by atoms with van der Waals surface area (Å²) < 4.78 is 0.400. The second-order valence-corrected chi connectivity index (χ2v) is 7.47. The third-order valence-corrected chi connectivity index (χ3v) is 5.60. The number of pyridine rings is 1. The summed E-state index contributed by atoms with van der Waals surface area (Å²) in [6, 6.07) is 12.0. The maximum absolute atomic E-state index is 13.0. The number of H-pyrrole nitrogens is 1. The molecule has 4 rings (SSSR count). The Hall–Kier alpha value is -3.39. The molecule has 0 fully saturated rings. The number of nitrogens with zero attached hydrogens (tertiary/aromatic N) is 6. The van der Waals surface area contributed by atoms with Crippen LogP contribution in [0.15, 0.2) is 55.0 Å². The molecule has 30 heavy (non-hydrogen) atoms. The molecular weight excluding hydrogens is 378 g/mol. The number of carbonyl (C=O) groups is 1. The second kappa shape index (κ2) is 8.54. The van der Waals surface area contributed by atoms with Gasteiger partial charge in [0.1, 0.15) is 6.20 Å². The normalized spacial score (nSPS) is 18.3. The lowest BCUT2D eigenvalue weighted by Crippen LogP contribution is -2.49. The zero-order valence-corrected chi connectivity index (χ0v) is 17.3. The van der Waals surface area contributed by atoms with Crippen molar-refractivity contribution >= 4 is 6.03 Å². The number of unbranched alkanes of at least 4 members (excludes halogenated alkanes) is 1. The van der Waals surface area contributed by atoms with Gasteiger partial charge in [0, 0.05) is 17.3 Å². The maximum Gasteiger partial charge on any atom is 0.428 e. The molecular formula is C22H26N7O+. The summed E-state index contributed by atoms with van der Waals surface area (Å²) in [5, 5.41) is 14.3. The van der Waals surface area contributed by atoms with Gasteiger partial charge < -0.3 is 0 Å². The molecule has 1 unspecified atom stereocenters. The van der Waals surface area contributed by atoms with Crippen molar-refractivity contribution in [2.24, 2.45) is 0 Å². The molecule has 3 aromatic rings. The minimum absolute atomic E-state index is 0.137. The number of tetrazole rings is 1. The van der Waals surface area contributed by atoms with E-state index in [1.165, 1.54) is 0 Å². The van der Waals surface area contributed by atoms with E-state index in [0.717, 1.165) is 48.3 Å². The molecule has 2 amide bonds. The lowest BCUT2D eigenvalue weighted by Gasteiger charge is -2.28. The van der Waals surface area contributed by atoms with Crippen LogP contribution in [0.5, 0.6) is 0 Å². The predicted molar refractivity (Wildman–Crippen MR) is 114 cm³/mol. The van der Waals surface area contributed by atoms with E-state index >= 15 is 0 Å². The molecule has 0 saturated carbocycles. The number of hydrogen-bond acceptors (Lipinski definition) is 5. The molecule has 1 aliphatic rings. The molecule has 0 spiro atoms. The van der Waals surface area contributed by atoms with Gasteiger partial charge in [0.15, 0.2) is 0 Å². The fourth-order valence-electron chi connectivity index (χ4n) is 3.77. The average Bonchev–Trinajstić information content (AvgIpc) is 3.43. The van der Waals surface area contributed by atoms with Gasteiger partial charge in [0.25, 0.3) is 0 Å². The van der Waals surface area contributed by atoms with E-state index in [2.05, 4.69) is 39.5 Å². The van der Waals surface area contributed by atoms with Gasteiger partial charge in [-0.3, -0.25) is 9.88 Å². The molecule has 8 nitrogen and oxygen atoms in total. The first-order valence-corrected chi connectivity index (χ1v) is 10.3. The number of aromatic amines is 1. The zero-order chi connectivity index (χ0) is 21.0. The van der Waals surface area contributed by atoms with Crippen molar-refractivity contribution in [3.8, 4) is 22.6 Å². The maximum atomic E-state index is 13.0. The van der Waals surface area contributed by atoms with Crippen LogP contribution in [-0.4, -0.2) is 54.1 Å². The average molecular weight is 404 g/mol. The summed E-state index contributed by atoms with van der Waals surface area (Å²) >= 11 is 0. The minimum atomic E-state index is 0.137. The molecule has 1 N–H and O–H groups in total. The summed E-state index contributed by atoms with van der Waals surface area (Å²) in [6.07, 6.45) is 7.89. The van der Waals surface area contributed by atoms with Crippen LogP contribution >= 0.6 is 0 Å². The fraction of sp³-hybridized carbons (Fsp3) is 0.318. The van der Waals surface area contributed by atoms with E-state index in [0.29, 0.717) is 16.9 Å². The Morgan fingerprint density at radius 2 is 1.93 bits per heavy atom. The van der Waals surface area contributed by atoms with Gasteiger partial charge in [-0.25, -0.2) is 9.28 Å². The van der Waals surface area contributed by atoms with Crippen molar-refractivity contribution < 1.29 is 9.28 Å². The summed E-state index contributed by atoms with van der Waals surface area (Å²) in [5.41, 5.74) is 3.61. The van der Waals surface area contributed by atoms with Gasteiger partial charge in [0.2, 0.25) is 5.82 Å². The first-order chi connectivity index (χ1) is 14.7. The van der Waals surface area contributed by atoms with Crippen molar-refractivity contribution in [2.75, 3.05) is 13.1 Å². The molecule has 2 aromatic heterocycles. The Bertz CT molecular complexity index is 1030. The lowest BCUT2D eigenvalue weighted by atomic mass is 10.0. The van der Waals surface area contributed by atoms with Gasteiger partial charge >= 0.3 is 6.03 Å². The molecule has 1 aliphatic heterocycles. The number of aromatic nitrogens is 5. The number of benzene rings is 1. The molecule has 0 bridgehead atoms. The molecule has 1 atom stereocenters. The molecule has 0 aliphatic carbocycles. The second-order valence-electron chi connectivity index (χ2n) is 7.47. The quantitative estimate of drug-likeness (QED) is 0.574. The first-order valence-electron chi connectivity index (χ1n) is 10.3. The number of nitrogens with one attached hydrogen (secondary N) is 1. The molecule has 0 saturated heterocycles. The van der Waals surface area contributed by atoms with E-state index < -0.39 is 0 Å². The summed E-state index contributed by atoms with van der Waals surface area (Å²) in [4.78, 5) is 19.5. The van der Waals surface area contributed by atoms with Gasteiger partial charge in [-0.2, -0.15) is 5.21 Å². The highest BCUT2D eigenvalue weighted by atomic mass is 16.2. The number of hydrogen-bond donors (Lipinski definition) is 1. The van der Waals surface area contributed by atoms with Crippen LogP contribution in [0.1, 0.15) is 32.3 Å². The highest BCUT2D eigenvalue weighted by Gasteiger charge is 2.41. The highest BCUT2D eigenvalue weighted by molar-refractivity contribution is 5.78. The van der Waals surface area contributed by atoms with Crippen LogP contribution in [-0.2, 0) is 6.54 Å². The third-order valence-electron chi connectivity index (χ3n) is 5.60. The van der Waals surface area contributed by atoms with E-state index in [1.54, 1.807) is 4.90 Å². The smallest absolute Gasteiger partial charge is 0.259 e. The van der Waals surface area contributed by atoms with Gasteiger partial charge in [-0.1, -0.05) is 43.7 Å². The van der Waals surface area contributed by atoms with E-state index in [9.17, 15) is 4.79 Å². The van der Waals surface area contributed by atoms with Crippen molar-refractivity contribution in [3.63, 3.8) is 0 Å². The number of urea groups is 1. The van der Waals surface area contributed by atoms with E-state index in [1.807, 2.05) is 55.0 Å². The van der Waals surface area contributed by atoms with Crippen molar-refractivity contribution in [3.05, 3.63) is 60.6 Å². The van der Waals surface area contributed by atoms with Crippen LogP contribution < -0.4 is 0 Å². The molecule has 3 heterocycles. The molecule has 154 valence electrons. The Morgan fingerprint density at radius 3 is 2.60 bits per heavy atom. The molecule has 1 aromatic carbocycles. The fourth-order valence-corrected chi connectivity index (χ4v) is 3.77. The van der Waals surface area contributed by atoms with Crippen LogP contribution in [0.2, 0.25) is 0 Å². The molecule has 0 radical (unpaired) electrons. The topological polar surface area (TPSA) is 87.7 Å².